The topological polar surface area (TPSA) is 75.6 Å². The second-order valence-corrected chi connectivity index (χ2v) is 8.04. The maximum atomic E-state index is 13.8. The first-order valence-electron chi connectivity index (χ1n) is 10.6. The molecule has 3 aromatic carbocycles. The van der Waals surface area contributed by atoms with Crippen molar-refractivity contribution < 1.29 is 23.8 Å². The predicted octanol–water partition coefficient (Wildman–Crippen LogP) is 5.41. The summed E-state index contributed by atoms with van der Waals surface area (Å²) < 4.78 is 19.0. The van der Waals surface area contributed by atoms with Gasteiger partial charge >= 0.3 is 5.97 Å². The molecule has 1 saturated carbocycles. The van der Waals surface area contributed by atoms with Crippen molar-refractivity contribution in [2.75, 3.05) is 11.9 Å². The fraction of sp³-hybridized carbons (Fsp3) is 0.231. The van der Waals surface area contributed by atoms with Crippen LogP contribution in [0.4, 0.5) is 10.1 Å². The number of ether oxygens (including phenoxy) is 1. The standard InChI is InChI=1S/C26H24FNO4/c27-21-5-3-4-20(16-21)26(14-1-2-15-26)25(31)28-22-10-6-18(7-11-22)19-8-12-23(13-9-19)32-17-24(29)30/h3-13,16H,1-2,14-15,17H2,(H,28,31)(H,29,30). The summed E-state index contributed by atoms with van der Waals surface area (Å²) in [5.74, 6) is -0.971. The Hall–Kier alpha value is -3.67. The molecule has 1 aliphatic carbocycles. The van der Waals surface area contributed by atoms with E-state index in [4.69, 9.17) is 9.84 Å². The van der Waals surface area contributed by atoms with Crippen molar-refractivity contribution in [3.05, 3.63) is 84.2 Å². The molecule has 1 amide bonds. The summed E-state index contributed by atoms with van der Waals surface area (Å²) in [5.41, 5.74) is 2.61. The van der Waals surface area contributed by atoms with E-state index in [1.807, 2.05) is 42.5 Å². The van der Waals surface area contributed by atoms with Crippen molar-refractivity contribution in [2.45, 2.75) is 31.1 Å². The molecule has 32 heavy (non-hydrogen) atoms. The summed E-state index contributed by atoms with van der Waals surface area (Å²) >= 11 is 0. The lowest BCUT2D eigenvalue weighted by molar-refractivity contribution is -0.139. The Morgan fingerprint density at radius 1 is 0.938 bits per heavy atom. The Labute approximate surface area is 185 Å². The third kappa shape index (κ3) is 4.64. The highest BCUT2D eigenvalue weighted by atomic mass is 19.1. The van der Waals surface area contributed by atoms with Crippen LogP contribution in [-0.2, 0) is 15.0 Å². The molecule has 0 aromatic heterocycles. The van der Waals surface area contributed by atoms with E-state index in [-0.39, 0.29) is 18.3 Å². The summed E-state index contributed by atoms with van der Waals surface area (Å²) in [6.45, 7) is -0.384. The van der Waals surface area contributed by atoms with Crippen molar-refractivity contribution in [1.82, 2.24) is 0 Å². The zero-order chi connectivity index (χ0) is 22.6. The third-order valence-electron chi connectivity index (χ3n) is 5.96. The Balaban J connectivity index is 1.47. The Kier molecular flexibility index (Phi) is 6.21. The van der Waals surface area contributed by atoms with Gasteiger partial charge < -0.3 is 15.2 Å². The van der Waals surface area contributed by atoms with Gasteiger partial charge in [-0.1, -0.05) is 49.2 Å². The number of aliphatic carboxylic acids is 1. The first-order valence-corrected chi connectivity index (χ1v) is 10.6. The first-order chi connectivity index (χ1) is 15.5. The largest absolute Gasteiger partial charge is 0.482 e. The van der Waals surface area contributed by atoms with Crippen molar-refractivity contribution in [3.8, 4) is 16.9 Å². The van der Waals surface area contributed by atoms with Gasteiger partial charge in [-0.05, 0) is 65.9 Å². The fourth-order valence-corrected chi connectivity index (χ4v) is 4.30. The molecule has 164 valence electrons. The monoisotopic (exact) mass is 433 g/mol. The number of amides is 1. The first kappa shape index (κ1) is 21.6. The molecule has 1 aliphatic rings. The lowest BCUT2D eigenvalue weighted by atomic mass is 9.78. The number of rotatable bonds is 7. The molecule has 0 aliphatic heterocycles. The molecular formula is C26H24FNO4. The van der Waals surface area contributed by atoms with Crippen LogP contribution < -0.4 is 10.1 Å². The van der Waals surface area contributed by atoms with E-state index in [0.717, 1.165) is 29.5 Å². The minimum Gasteiger partial charge on any atom is -0.482 e. The van der Waals surface area contributed by atoms with E-state index in [1.54, 1.807) is 18.2 Å². The highest BCUT2D eigenvalue weighted by Crippen LogP contribution is 2.42. The van der Waals surface area contributed by atoms with E-state index in [0.29, 0.717) is 24.3 Å². The molecule has 0 bridgehead atoms. The minimum atomic E-state index is -1.02. The zero-order valence-corrected chi connectivity index (χ0v) is 17.5. The molecule has 0 radical (unpaired) electrons. The van der Waals surface area contributed by atoms with Crippen LogP contribution in [0.25, 0.3) is 11.1 Å². The van der Waals surface area contributed by atoms with Gasteiger partial charge in [-0.15, -0.1) is 0 Å². The molecule has 0 saturated heterocycles. The van der Waals surface area contributed by atoms with E-state index in [1.165, 1.54) is 12.1 Å². The SMILES string of the molecule is O=C(O)COc1ccc(-c2ccc(NC(=O)C3(c4cccc(F)c4)CCCC3)cc2)cc1. The second kappa shape index (κ2) is 9.22. The number of hydrogen-bond acceptors (Lipinski definition) is 3. The lowest BCUT2D eigenvalue weighted by Gasteiger charge is -2.28. The number of benzene rings is 3. The molecule has 0 spiro atoms. The maximum Gasteiger partial charge on any atom is 0.341 e. The van der Waals surface area contributed by atoms with Crippen LogP contribution in [-0.4, -0.2) is 23.6 Å². The number of nitrogens with one attached hydrogen (secondary N) is 1. The number of carbonyl (C=O) groups is 2. The van der Waals surface area contributed by atoms with Crippen LogP contribution in [0.1, 0.15) is 31.2 Å². The van der Waals surface area contributed by atoms with E-state index in [9.17, 15) is 14.0 Å². The number of carboxylic acid groups (broad SMARTS) is 1. The quantitative estimate of drug-likeness (QED) is 0.523. The minimum absolute atomic E-state index is 0.103. The van der Waals surface area contributed by atoms with Gasteiger partial charge in [0.25, 0.3) is 0 Å². The molecular weight excluding hydrogens is 409 g/mol. The molecule has 5 nitrogen and oxygen atoms in total. The van der Waals surface area contributed by atoms with Gasteiger partial charge in [-0.2, -0.15) is 0 Å². The summed E-state index contributed by atoms with van der Waals surface area (Å²) in [4.78, 5) is 23.9. The highest BCUT2D eigenvalue weighted by molar-refractivity contribution is 5.99. The molecule has 2 N–H and O–H groups in total. The van der Waals surface area contributed by atoms with Gasteiger partial charge in [0.05, 0.1) is 5.41 Å². The van der Waals surface area contributed by atoms with Crippen molar-refractivity contribution in [2.24, 2.45) is 0 Å². The van der Waals surface area contributed by atoms with Crippen molar-refractivity contribution in [3.63, 3.8) is 0 Å². The average molecular weight is 433 g/mol. The van der Waals surface area contributed by atoms with Crippen LogP contribution in [0.3, 0.4) is 0 Å². The molecule has 3 aromatic rings. The van der Waals surface area contributed by atoms with Gasteiger partial charge in [0, 0.05) is 5.69 Å². The number of hydrogen-bond donors (Lipinski definition) is 2. The van der Waals surface area contributed by atoms with E-state index >= 15 is 0 Å². The molecule has 6 heteroatoms. The smallest absolute Gasteiger partial charge is 0.341 e. The van der Waals surface area contributed by atoms with Crippen LogP contribution in [0, 0.1) is 5.82 Å². The maximum absolute atomic E-state index is 13.8. The summed E-state index contributed by atoms with van der Waals surface area (Å²) in [7, 11) is 0. The van der Waals surface area contributed by atoms with E-state index in [2.05, 4.69) is 5.32 Å². The van der Waals surface area contributed by atoms with Crippen LogP contribution in [0.2, 0.25) is 0 Å². The molecule has 0 heterocycles. The average Bonchev–Trinajstić information content (AvgIpc) is 3.30. The van der Waals surface area contributed by atoms with Crippen LogP contribution in [0.5, 0.6) is 5.75 Å². The lowest BCUT2D eigenvalue weighted by Crippen LogP contribution is -2.38. The Morgan fingerprint density at radius 3 is 2.16 bits per heavy atom. The van der Waals surface area contributed by atoms with Gasteiger partial charge in [0.15, 0.2) is 6.61 Å². The fourth-order valence-electron chi connectivity index (χ4n) is 4.30. The molecule has 1 fully saturated rings. The highest BCUT2D eigenvalue weighted by Gasteiger charge is 2.42. The molecule has 0 unspecified atom stereocenters. The second-order valence-electron chi connectivity index (χ2n) is 8.04. The predicted molar refractivity (Wildman–Crippen MR) is 120 cm³/mol. The summed E-state index contributed by atoms with van der Waals surface area (Å²) in [6, 6.07) is 21.0. The summed E-state index contributed by atoms with van der Waals surface area (Å²) in [6.07, 6.45) is 3.29. The third-order valence-corrected chi connectivity index (χ3v) is 5.96. The Morgan fingerprint density at radius 2 is 1.56 bits per heavy atom. The number of halogens is 1. The van der Waals surface area contributed by atoms with Gasteiger partial charge in [0.2, 0.25) is 5.91 Å². The zero-order valence-electron chi connectivity index (χ0n) is 17.5. The van der Waals surface area contributed by atoms with Gasteiger partial charge in [-0.25, -0.2) is 9.18 Å². The van der Waals surface area contributed by atoms with Gasteiger partial charge in [0.1, 0.15) is 11.6 Å². The molecule has 4 rings (SSSR count). The molecule has 0 atom stereocenters. The number of carbonyl (C=O) groups excluding carboxylic acids is 1. The number of anilines is 1. The van der Waals surface area contributed by atoms with Crippen LogP contribution in [0.15, 0.2) is 72.8 Å². The summed E-state index contributed by atoms with van der Waals surface area (Å²) in [5, 5.41) is 11.7. The normalized spacial score (nSPS) is 14.7. The van der Waals surface area contributed by atoms with Crippen LogP contribution >= 0.6 is 0 Å². The van der Waals surface area contributed by atoms with Crippen molar-refractivity contribution in [1.29, 1.82) is 0 Å². The van der Waals surface area contributed by atoms with E-state index < -0.39 is 11.4 Å². The van der Waals surface area contributed by atoms with Gasteiger partial charge in [-0.3, -0.25) is 4.79 Å². The number of carboxylic acids is 1. The Bertz CT molecular complexity index is 1100. The van der Waals surface area contributed by atoms with Crippen molar-refractivity contribution >= 4 is 17.6 Å².